The maximum atomic E-state index is 12.3. The highest BCUT2D eigenvalue weighted by Crippen LogP contribution is 2.25. The summed E-state index contributed by atoms with van der Waals surface area (Å²) in [6.45, 7) is 4.94. The van der Waals surface area contributed by atoms with Gasteiger partial charge in [0.2, 0.25) is 5.91 Å². The number of rotatable bonds is 7. The van der Waals surface area contributed by atoms with Crippen LogP contribution >= 0.6 is 23.4 Å². The fourth-order valence-corrected chi connectivity index (χ4v) is 3.55. The van der Waals surface area contributed by atoms with Crippen LogP contribution in [-0.4, -0.2) is 31.4 Å². The molecule has 27 heavy (non-hydrogen) atoms. The van der Waals surface area contributed by atoms with Gasteiger partial charge in [0.05, 0.1) is 11.4 Å². The van der Waals surface area contributed by atoms with Crippen LogP contribution in [-0.2, 0) is 11.3 Å². The molecule has 2 heterocycles. The molecule has 0 saturated heterocycles. The second kappa shape index (κ2) is 9.01. The molecule has 0 aliphatic heterocycles. The third-order valence-electron chi connectivity index (χ3n) is 3.81. The maximum absolute atomic E-state index is 12.3. The molecule has 0 aliphatic rings. The van der Waals surface area contributed by atoms with E-state index in [1.165, 1.54) is 17.3 Å². The third kappa shape index (κ3) is 4.87. The Labute approximate surface area is 167 Å². The van der Waals surface area contributed by atoms with Gasteiger partial charge in [0.25, 0.3) is 0 Å². The first-order chi connectivity index (χ1) is 13.1. The van der Waals surface area contributed by atoms with E-state index in [-0.39, 0.29) is 16.8 Å². The van der Waals surface area contributed by atoms with Crippen molar-refractivity contribution in [2.24, 2.45) is 0 Å². The lowest BCUT2D eigenvalue weighted by atomic mass is 10.1. The number of hydrogen-bond acceptors (Lipinski definition) is 5. The Morgan fingerprint density at radius 3 is 2.85 bits per heavy atom. The van der Waals surface area contributed by atoms with Crippen molar-refractivity contribution in [1.82, 2.24) is 19.7 Å². The quantitative estimate of drug-likeness (QED) is 0.468. The summed E-state index contributed by atoms with van der Waals surface area (Å²) in [7, 11) is 0. The molecule has 0 spiro atoms. The summed E-state index contributed by atoms with van der Waals surface area (Å²) in [5.41, 5.74) is 2.69. The van der Waals surface area contributed by atoms with Crippen LogP contribution < -0.4 is 5.32 Å². The molecular weight excluding hydrogens is 382 g/mol. The average molecular weight is 402 g/mol. The van der Waals surface area contributed by atoms with E-state index in [1.807, 2.05) is 25.1 Å². The van der Waals surface area contributed by atoms with Crippen molar-refractivity contribution >= 4 is 35.0 Å². The van der Waals surface area contributed by atoms with E-state index >= 15 is 0 Å². The SMILES string of the molecule is CCCn1c(SCC(=O)Nc2cccnc2Cl)nnc1-c1cccc(C)c1. The lowest BCUT2D eigenvalue weighted by molar-refractivity contribution is -0.113. The number of hydrogen-bond donors (Lipinski definition) is 1. The van der Waals surface area contributed by atoms with Crippen molar-refractivity contribution < 1.29 is 4.79 Å². The molecule has 3 aromatic rings. The van der Waals surface area contributed by atoms with Gasteiger partial charge in [-0.1, -0.05) is 54.0 Å². The second-order valence-corrected chi connectivity index (χ2v) is 7.31. The number of nitrogens with one attached hydrogen (secondary N) is 1. The first kappa shape index (κ1) is 19.4. The summed E-state index contributed by atoms with van der Waals surface area (Å²) in [4.78, 5) is 16.2. The van der Waals surface area contributed by atoms with Crippen molar-refractivity contribution in [1.29, 1.82) is 0 Å². The molecule has 0 fully saturated rings. The topological polar surface area (TPSA) is 72.7 Å². The standard InChI is InChI=1S/C19H20ClN5OS/c1-3-10-25-18(14-7-4-6-13(2)11-14)23-24-19(25)27-12-16(26)22-15-8-5-9-21-17(15)20/h4-9,11H,3,10,12H2,1-2H3,(H,22,26). The number of anilines is 1. The summed E-state index contributed by atoms with van der Waals surface area (Å²) in [5, 5.41) is 12.4. The summed E-state index contributed by atoms with van der Waals surface area (Å²) in [5.74, 6) is 0.859. The Bertz CT molecular complexity index is 943. The number of nitrogens with zero attached hydrogens (tertiary/aromatic N) is 4. The van der Waals surface area contributed by atoms with E-state index in [0.717, 1.165) is 29.5 Å². The van der Waals surface area contributed by atoms with Crippen LogP contribution in [0.3, 0.4) is 0 Å². The molecule has 3 rings (SSSR count). The van der Waals surface area contributed by atoms with E-state index < -0.39 is 0 Å². The van der Waals surface area contributed by atoms with Gasteiger partial charge in [-0.2, -0.15) is 0 Å². The first-order valence-electron chi connectivity index (χ1n) is 8.62. The number of aryl methyl sites for hydroxylation is 1. The molecule has 0 atom stereocenters. The molecule has 0 bridgehead atoms. The van der Waals surface area contributed by atoms with Gasteiger partial charge in [-0.05, 0) is 31.5 Å². The van der Waals surface area contributed by atoms with Crippen molar-refractivity contribution in [3.05, 3.63) is 53.3 Å². The van der Waals surface area contributed by atoms with Crippen LogP contribution in [0, 0.1) is 6.92 Å². The van der Waals surface area contributed by atoms with Crippen LogP contribution in [0.5, 0.6) is 0 Å². The van der Waals surface area contributed by atoms with E-state index in [1.54, 1.807) is 18.3 Å². The number of pyridine rings is 1. The third-order valence-corrected chi connectivity index (χ3v) is 5.07. The minimum Gasteiger partial charge on any atom is -0.323 e. The minimum absolute atomic E-state index is 0.168. The molecule has 6 nitrogen and oxygen atoms in total. The van der Waals surface area contributed by atoms with E-state index in [9.17, 15) is 4.79 Å². The zero-order valence-corrected chi connectivity index (χ0v) is 16.7. The molecule has 0 radical (unpaired) electrons. The van der Waals surface area contributed by atoms with Gasteiger partial charge < -0.3 is 9.88 Å². The predicted molar refractivity (Wildman–Crippen MR) is 109 cm³/mol. The van der Waals surface area contributed by atoms with Gasteiger partial charge in [-0.25, -0.2) is 4.98 Å². The maximum Gasteiger partial charge on any atom is 0.234 e. The Kier molecular flexibility index (Phi) is 6.47. The Morgan fingerprint density at radius 1 is 1.26 bits per heavy atom. The zero-order valence-electron chi connectivity index (χ0n) is 15.1. The zero-order chi connectivity index (χ0) is 19.2. The predicted octanol–water partition coefficient (Wildman–Crippen LogP) is 4.44. The van der Waals surface area contributed by atoms with Gasteiger partial charge in [0, 0.05) is 18.3 Å². The van der Waals surface area contributed by atoms with Crippen molar-refractivity contribution in [2.75, 3.05) is 11.1 Å². The molecule has 0 unspecified atom stereocenters. The number of aromatic nitrogens is 4. The van der Waals surface area contributed by atoms with Crippen molar-refractivity contribution in [3.63, 3.8) is 0 Å². The Balaban J connectivity index is 1.73. The normalized spacial score (nSPS) is 10.8. The molecule has 140 valence electrons. The fourth-order valence-electron chi connectivity index (χ4n) is 2.61. The first-order valence-corrected chi connectivity index (χ1v) is 9.98. The van der Waals surface area contributed by atoms with Gasteiger partial charge in [-0.15, -0.1) is 10.2 Å². The van der Waals surface area contributed by atoms with Crippen molar-refractivity contribution in [2.45, 2.75) is 32.0 Å². The molecule has 1 aromatic carbocycles. The fraction of sp³-hybridized carbons (Fsp3) is 0.263. The second-order valence-electron chi connectivity index (χ2n) is 6.01. The smallest absolute Gasteiger partial charge is 0.234 e. The molecule has 0 saturated carbocycles. The van der Waals surface area contributed by atoms with E-state index in [0.29, 0.717) is 5.69 Å². The monoisotopic (exact) mass is 401 g/mol. The van der Waals surface area contributed by atoms with Crippen LogP contribution in [0.4, 0.5) is 5.69 Å². The number of carbonyl (C=O) groups excluding carboxylic acids is 1. The van der Waals surface area contributed by atoms with Crippen LogP contribution in [0.15, 0.2) is 47.8 Å². The van der Waals surface area contributed by atoms with Crippen LogP contribution in [0.2, 0.25) is 5.15 Å². The summed E-state index contributed by atoms with van der Waals surface area (Å²) in [6.07, 6.45) is 2.52. The molecule has 2 aromatic heterocycles. The number of thioether (sulfide) groups is 1. The largest absolute Gasteiger partial charge is 0.323 e. The molecule has 8 heteroatoms. The minimum atomic E-state index is -0.168. The van der Waals surface area contributed by atoms with E-state index in [4.69, 9.17) is 11.6 Å². The Hall–Kier alpha value is -2.38. The van der Waals surface area contributed by atoms with Crippen LogP contribution in [0.1, 0.15) is 18.9 Å². The highest BCUT2D eigenvalue weighted by molar-refractivity contribution is 7.99. The molecule has 1 amide bonds. The number of carbonyl (C=O) groups is 1. The van der Waals surface area contributed by atoms with E-state index in [2.05, 4.69) is 38.1 Å². The van der Waals surface area contributed by atoms with Crippen LogP contribution in [0.25, 0.3) is 11.4 Å². The van der Waals surface area contributed by atoms with Gasteiger partial charge in [0.1, 0.15) is 0 Å². The highest BCUT2D eigenvalue weighted by atomic mass is 35.5. The van der Waals surface area contributed by atoms with Gasteiger partial charge in [-0.3, -0.25) is 4.79 Å². The Morgan fingerprint density at radius 2 is 2.11 bits per heavy atom. The van der Waals surface area contributed by atoms with Crippen molar-refractivity contribution in [3.8, 4) is 11.4 Å². The lowest BCUT2D eigenvalue weighted by Crippen LogP contribution is -2.15. The molecule has 0 aliphatic carbocycles. The van der Waals surface area contributed by atoms with Gasteiger partial charge >= 0.3 is 0 Å². The summed E-state index contributed by atoms with van der Waals surface area (Å²) < 4.78 is 2.06. The molecule has 1 N–H and O–H groups in total. The van der Waals surface area contributed by atoms with Gasteiger partial charge in [0.15, 0.2) is 16.1 Å². The summed E-state index contributed by atoms with van der Waals surface area (Å²) >= 11 is 7.33. The average Bonchev–Trinajstić information content (AvgIpc) is 3.05. The number of amides is 1. The highest BCUT2D eigenvalue weighted by Gasteiger charge is 2.16. The number of halogens is 1. The summed E-state index contributed by atoms with van der Waals surface area (Å²) in [6, 6.07) is 11.6. The number of benzene rings is 1. The molecular formula is C19H20ClN5OS. The lowest BCUT2D eigenvalue weighted by Gasteiger charge is -2.10.